The number of nitrogens with two attached hydrogens (primary N) is 1. The molecular weight excluding hydrogens is 258 g/mol. The highest BCUT2D eigenvalue weighted by molar-refractivity contribution is 7.15. The quantitative estimate of drug-likeness (QED) is 0.887. The van der Waals surface area contributed by atoms with E-state index in [0.717, 1.165) is 42.7 Å². The molecule has 1 aliphatic heterocycles. The maximum atomic E-state index is 5.72. The Labute approximate surface area is 119 Å². The Morgan fingerprint density at radius 1 is 1.26 bits per heavy atom. The summed E-state index contributed by atoms with van der Waals surface area (Å²) in [5.41, 5.74) is 5.72. The van der Waals surface area contributed by atoms with Gasteiger partial charge in [0.25, 0.3) is 0 Å². The molecule has 6 heteroatoms. The number of hydrogen-bond donors (Lipinski definition) is 1. The van der Waals surface area contributed by atoms with Crippen LogP contribution in [0.5, 0.6) is 0 Å². The van der Waals surface area contributed by atoms with Crippen molar-refractivity contribution in [2.45, 2.75) is 39.2 Å². The zero-order valence-electron chi connectivity index (χ0n) is 12.0. The van der Waals surface area contributed by atoms with Crippen LogP contribution in [-0.4, -0.2) is 53.9 Å². The normalized spacial score (nSPS) is 19.4. The summed E-state index contributed by atoms with van der Waals surface area (Å²) in [4.78, 5) is 4.97. The van der Waals surface area contributed by atoms with Gasteiger partial charge in [-0.3, -0.25) is 4.90 Å². The van der Waals surface area contributed by atoms with Crippen LogP contribution in [0.25, 0.3) is 0 Å². The molecule has 0 bridgehead atoms. The van der Waals surface area contributed by atoms with Crippen LogP contribution in [0.1, 0.15) is 31.2 Å². The first-order valence-electron chi connectivity index (χ1n) is 7.23. The Morgan fingerprint density at radius 3 is 2.74 bits per heavy atom. The van der Waals surface area contributed by atoms with Gasteiger partial charge in [-0.25, -0.2) is 0 Å². The molecule has 0 radical (unpaired) electrons. The SMILES string of the molecule is CCC(CCN)N1CCCN(c2nnc(C)s2)CC1. The molecule has 0 amide bonds. The van der Waals surface area contributed by atoms with Crippen LogP contribution >= 0.6 is 11.3 Å². The molecule has 2 rings (SSSR count). The molecule has 0 aliphatic carbocycles. The van der Waals surface area contributed by atoms with E-state index in [1.54, 1.807) is 11.3 Å². The molecule has 2 N–H and O–H groups in total. The zero-order valence-corrected chi connectivity index (χ0v) is 12.8. The first-order valence-corrected chi connectivity index (χ1v) is 8.05. The zero-order chi connectivity index (χ0) is 13.7. The summed E-state index contributed by atoms with van der Waals surface area (Å²) in [7, 11) is 0. The molecule has 19 heavy (non-hydrogen) atoms. The first kappa shape index (κ1) is 14.7. The smallest absolute Gasteiger partial charge is 0.208 e. The van der Waals surface area contributed by atoms with E-state index < -0.39 is 0 Å². The van der Waals surface area contributed by atoms with E-state index in [1.165, 1.54) is 19.4 Å². The number of anilines is 1. The van der Waals surface area contributed by atoms with E-state index in [9.17, 15) is 0 Å². The summed E-state index contributed by atoms with van der Waals surface area (Å²) in [6.45, 7) is 9.48. The fourth-order valence-corrected chi connectivity index (χ4v) is 3.48. The van der Waals surface area contributed by atoms with E-state index >= 15 is 0 Å². The van der Waals surface area contributed by atoms with E-state index in [1.807, 2.05) is 6.92 Å². The Balaban J connectivity index is 1.94. The highest BCUT2D eigenvalue weighted by atomic mass is 32.1. The molecule has 1 aromatic rings. The molecule has 0 saturated carbocycles. The minimum absolute atomic E-state index is 0.640. The first-order chi connectivity index (χ1) is 9.24. The third-order valence-corrected chi connectivity index (χ3v) is 4.70. The molecule has 1 aromatic heterocycles. The Kier molecular flexibility index (Phi) is 5.54. The topological polar surface area (TPSA) is 58.3 Å². The van der Waals surface area contributed by atoms with Crippen LogP contribution in [0.2, 0.25) is 0 Å². The molecule has 0 spiro atoms. The molecule has 1 atom stereocenters. The number of aromatic nitrogens is 2. The summed E-state index contributed by atoms with van der Waals surface area (Å²) in [5, 5.41) is 10.5. The van der Waals surface area contributed by atoms with Gasteiger partial charge in [-0.05, 0) is 32.7 Å². The van der Waals surface area contributed by atoms with Gasteiger partial charge in [0, 0.05) is 32.2 Å². The monoisotopic (exact) mass is 283 g/mol. The van der Waals surface area contributed by atoms with Crippen molar-refractivity contribution in [1.29, 1.82) is 0 Å². The van der Waals surface area contributed by atoms with Crippen LogP contribution in [0.4, 0.5) is 5.13 Å². The van der Waals surface area contributed by atoms with Gasteiger partial charge >= 0.3 is 0 Å². The van der Waals surface area contributed by atoms with Crippen molar-refractivity contribution >= 4 is 16.5 Å². The average Bonchev–Trinajstić information content (AvgIpc) is 2.70. The Morgan fingerprint density at radius 2 is 2.11 bits per heavy atom. The second-order valence-corrected chi connectivity index (χ2v) is 6.28. The maximum absolute atomic E-state index is 5.72. The van der Waals surface area contributed by atoms with Gasteiger partial charge in [-0.1, -0.05) is 18.3 Å². The van der Waals surface area contributed by atoms with Gasteiger partial charge in [0.15, 0.2) is 0 Å². The predicted octanol–water partition coefficient (Wildman–Crippen LogP) is 1.49. The van der Waals surface area contributed by atoms with Crippen molar-refractivity contribution in [2.75, 3.05) is 37.6 Å². The fourth-order valence-electron chi connectivity index (χ4n) is 2.75. The van der Waals surface area contributed by atoms with Crippen LogP contribution in [0.15, 0.2) is 0 Å². The number of rotatable bonds is 5. The molecular formula is C13H25N5S. The summed E-state index contributed by atoms with van der Waals surface area (Å²) in [5.74, 6) is 0. The standard InChI is InChI=1S/C13H25N5S/c1-3-12(5-6-14)17-7-4-8-18(10-9-17)13-16-15-11(2)19-13/h12H,3-10,14H2,1-2H3. The average molecular weight is 283 g/mol. The van der Waals surface area contributed by atoms with E-state index in [0.29, 0.717) is 6.04 Å². The molecule has 1 fully saturated rings. The third kappa shape index (κ3) is 3.87. The van der Waals surface area contributed by atoms with E-state index in [4.69, 9.17) is 5.73 Å². The minimum Gasteiger partial charge on any atom is -0.345 e. The lowest BCUT2D eigenvalue weighted by Crippen LogP contribution is -2.39. The predicted molar refractivity (Wildman–Crippen MR) is 80.8 cm³/mol. The van der Waals surface area contributed by atoms with Crippen molar-refractivity contribution in [3.8, 4) is 0 Å². The molecule has 1 saturated heterocycles. The Bertz CT molecular complexity index is 381. The van der Waals surface area contributed by atoms with Gasteiger partial charge in [-0.2, -0.15) is 0 Å². The van der Waals surface area contributed by atoms with Gasteiger partial charge in [-0.15, -0.1) is 10.2 Å². The minimum atomic E-state index is 0.640. The molecule has 0 aromatic carbocycles. The van der Waals surface area contributed by atoms with E-state index in [-0.39, 0.29) is 0 Å². The van der Waals surface area contributed by atoms with E-state index in [2.05, 4.69) is 26.9 Å². The molecule has 1 unspecified atom stereocenters. The van der Waals surface area contributed by atoms with Gasteiger partial charge in [0.2, 0.25) is 5.13 Å². The van der Waals surface area contributed by atoms with Crippen LogP contribution < -0.4 is 10.6 Å². The molecule has 108 valence electrons. The van der Waals surface area contributed by atoms with Crippen LogP contribution in [-0.2, 0) is 0 Å². The second kappa shape index (κ2) is 7.17. The Hall–Kier alpha value is -0.720. The van der Waals surface area contributed by atoms with Gasteiger partial charge in [0.05, 0.1) is 0 Å². The van der Waals surface area contributed by atoms with Crippen molar-refractivity contribution < 1.29 is 0 Å². The lowest BCUT2D eigenvalue weighted by atomic mass is 10.1. The second-order valence-electron chi connectivity index (χ2n) is 5.12. The van der Waals surface area contributed by atoms with Gasteiger partial charge in [0.1, 0.15) is 5.01 Å². The van der Waals surface area contributed by atoms with Crippen molar-refractivity contribution in [3.05, 3.63) is 5.01 Å². The highest BCUT2D eigenvalue weighted by Crippen LogP contribution is 2.22. The lowest BCUT2D eigenvalue weighted by Gasteiger charge is -2.29. The summed E-state index contributed by atoms with van der Waals surface area (Å²) < 4.78 is 0. The van der Waals surface area contributed by atoms with Crippen molar-refractivity contribution in [3.63, 3.8) is 0 Å². The number of hydrogen-bond acceptors (Lipinski definition) is 6. The van der Waals surface area contributed by atoms with Gasteiger partial charge < -0.3 is 10.6 Å². The van der Waals surface area contributed by atoms with Crippen molar-refractivity contribution in [1.82, 2.24) is 15.1 Å². The summed E-state index contributed by atoms with van der Waals surface area (Å²) in [6, 6.07) is 0.640. The number of aryl methyl sites for hydroxylation is 1. The molecule has 1 aliphatic rings. The molecule has 2 heterocycles. The van der Waals surface area contributed by atoms with Crippen LogP contribution in [0.3, 0.4) is 0 Å². The third-order valence-electron chi connectivity index (χ3n) is 3.80. The lowest BCUT2D eigenvalue weighted by molar-refractivity contribution is 0.196. The largest absolute Gasteiger partial charge is 0.345 e. The highest BCUT2D eigenvalue weighted by Gasteiger charge is 2.21. The molecule has 5 nitrogen and oxygen atoms in total. The summed E-state index contributed by atoms with van der Waals surface area (Å²) >= 11 is 1.69. The maximum Gasteiger partial charge on any atom is 0.208 e. The summed E-state index contributed by atoms with van der Waals surface area (Å²) in [6.07, 6.45) is 3.49. The fraction of sp³-hybridized carbons (Fsp3) is 0.846. The van der Waals surface area contributed by atoms with Crippen molar-refractivity contribution in [2.24, 2.45) is 5.73 Å². The number of nitrogens with zero attached hydrogens (tertiary/aromatic N) is 4. The van der Waals surface area contributed by atoms with Crippen LogP contribution in [0, 0.1) is 6.92 Å².